The normalized spacial score (nSPS) is 11.7. The van der Waals surface area contributed by atoms with Crippen molar-refractivity contribution in [3.8, 4) is 22.3 Å². The van der Waals surface area contributed by atoms with Crippen LogP contribution in [0.2, 0.25) is 0 Å². The Morgan fingerprint density at radius 2 is 0.918 bits per heavy atom. The van der Waals surface area contributed by atoms with Crippen molar-refractivity contribution < 1.29 is 0 Å². The van der Waals surface area contributed by atoms with E-state index in [1.807, 2.05) is 22.7 Å². The molecule has 0 atom stereocenters. The average molecular weight is 660 g/mol. The van der Waals surface area contributed by atoms with Gasteiger partial charge in [-0.1, -0.05) is 127 Å². The van der Waals surface area contributed by atoms with E-state index in [1.165, 1.54) is 79.1 Å². The number of rotatable bonds is 5. The summed E-state index contributed by atoms with van der Waals surface area (Å²) in [6.45, 7) is 0. The molecule has 8 aromatic carbocycles. The second-order valence-electron chi connectivity index (χ2n) is 12.4. The number of thiophene rings is 2. The minimum Gasteiger partial charge on any atom is -0.310 e. The van der Waals surface area contributed by atoms with E-state index < -0.39 is 0 Å². The number of para-hydroxylation sites is 2. The third-order valence-corrected chi connectivity index (χ3v) is 12.1. The molecule has 2 aromatic heterocycles. The fourth-order valence-electron chi connectivity index (χ4n) is 7.52. The Morgan fingerprint density at radius 1 is 0.347 bits per heavy atom. The molecule has 0 amide bonds. The van der Waals surface area contributed by atoms with Crippen molar-refractivity contribution in [1.29, 1.82) is 0 Å². The first-order chi connectivity index (χ1) is 24.3. The molecule has 1 nitrogen and oxygen atoms in total. The van der Waals surface area contributed by atoms with E-state index in [1.54, 1.807) is 0 Å². The summed E-state index contributed by atoms with van der Waals surface area (Å²) in [5.41, 5.74) is 8.57. The van der Waals surface area contributed by atoms with Crippen LogP contribution in [0.25, 0.3) is 73.4 Å². The molecule has 0 spiro atoms. The van der Waals surface area contributed by atoms with Crippen LogP contribution < -0.4 is 4.90 Å². The SMILES string of the molecule is c1ccc(-c2ccc(-c3cc4c(sc5cccc(N(c6ccccc6)c6ccccc6)c54)c4ccccc34)c3sc4ccccc4c23)cc1. The predicted octanol–water partition coefficient (Wildman–Crippen LogP) is 14.4. The lowest BCUT2D eigenvalue weighted by Crippen LogP contribution is -2.09. The van der Waals surface area contributed by atoms with Crippen LogP contribution in [0.4, 0.5) is 17.1 Å². The molecule has 10 rings (SSSR count). The number of fused-ring (bicyclic) bond motifs is 8. The molecule has 0 fully saturated rings. The maximum Gasteiger partial charge on any atom is 0.0554 e. The highest BCUT2D eigenvalue weighted by atomic mass is 32.1. The molecule has 0 radical (unpaired) electrons. The summed E-state index contributed by atoms with van der Waals surface area (Å²) < 4.78 is 5.27. The van der Waals surface area contributed by atoms with Gasteiger partial charge in [0.2, 0.25) is 0 Å². The van der Waals surface area contributed by atoms with Gasteiger partial charge in [0.25, 0.3) is 0 Å². The Labute approximate surface area is 292 Å². The van der Waals surface area contributed by atoms with Crippen molar-refractivity contribution in [2.45, 2.75) is 0 Å². The van der Waals surface area contributed by atoms with Crippen LogP contribution in [0.5, 0.6) is 0 Å². The first-order valence-electron chi connectivity index (χ1n) is 16.6. The third kappa shape index (κ3) is 4.51. The molecule has 0 unspecified atom stereocenters. The van der Waals surface area contributed by atoms with Crippen molar-refractivity contribution in [2.75, 3.05) is 4.90 Å². The standard InChI is InChI=1S/C46H29NS2/c1-4-15-30(16-5-1)33-27-28-36(46-43(33)37-23-12-13-25-41(37)48-46)38-29-39-44-40(47(31-17-6-2-7-18-31)32-19-8-3-9-20-32)24-14-26-42(44)49-45(39)35-22-11-10-21-34(35)38/h1-29H. The molecule has 10 aromatic rings. The molecular weight excluding hydrogens is 631 g/mol. The Hall–Kier alpha value is -5.74. The van der Waals surface area contributed by atoms with Crippen LogP contribution in [0.1, 0.15) is 0 Å². The van der Waals surface area contributed by atoms with E-state index in [2.05, 4.69) is 181 Å². The lowest BCUT2D eigenvalue weighted by Gasteiger charge is -2.26. The zero-order valence-electron chi connectivity index (χ0n) is 26.5. The molecule has 0 aliphatic carbocycles. The summed E-state index contributed by atoms with van der Waals surface area (Å²) >= 11 is 3.81. The fourth-order valence-corrected chi connectivity index (χ4v) is 10.0. The van der Waals surface area contributed by atoms with E-state index in [-0.39, 0.29) is 0 Å². The van der Waals surface area contributed by atoms with Gasteiger partial charge in [-0.15, -0.1) is 22.7 Å². The Morgan fingerprint density at radius 3 is 1.65 bits per heavy atom. The van der Waals surface area contributed by atoms with Gasteiger partial charge in [-0.3, -0.25) is 0 Å². The fraction of sp³-hybridized carbons (Fsp3) is 0. The highest BCUT2D eigenvalue weighted by Gasteiger charge is 2.22. The predicted molar refractivity (Wildman–Crippen MR) is 215 cm³/mol. The highest BCUT2D eigenvalue weighted by Crippen LogP contribution is 2.51. The van der Waals surface area contributed by atoms with Gasteiger partial charge in [-0.2, -0.15) is 0 Å². The van der Waals surface area contributed by atoms with Crippen molar-refractivity contribution in [1.82, 2.24) is 0 Å². The van der Waals surface area contributed by atoms with Gasteiger partial charge in [0.15, 0.2) is 0 Å². The summed E-state index contributed by atoms with van der Waals surface area (Å²) in [7, 11) is 0. The van der Waals surface area contributed by atoms with Gasteiger partial charge < -0.3 is 4.90 Å². The smallest absolute Gasteiger partial charge is 0.0554 e. The van der Waals surface area contributed by atoms with Gasteiger partial charge in [0.05, 0.1) is 5.69 Å². The largest absolute Gasteiger partial charge is 0.310 e. The number of hydrogen-bond acceptors (Lipinski definition) is 3. The molecule has 0 N–H and O–H groups in total. The molecule has 230 valence electrons. The van der Waals surface area contributed by atoms with Crippen molar-refractivity contribution in [3.05, 3.63) is 176 Å². The second-order valence-corrected chi connectivity index (χ2v) is 14.5. The minimum atomic E-state index is 1.14. The summed E-state index contributed by atoms with van der Waals surface area (Å²) in [5, 5.41) is 7.83. The molecular formula is C46H29NS2. The van der Waals surface area contributed by atoms with E-state index in [0.717, 1.165) is 11.4 Å². The molecule has 0 saturated carbocycles. The maximum atomic E-state index is 2.48. The van der Waals surface area contributed by atoms with Crippen LogP contribution in [0.15, 0.2) is 176 Å². The van der Waals surface area contributed by atoms with Crippen LogP contribution >= 0.6 is 22.7 Å². The van der Waals surface area contributed by atoms with Crippen LogP contribution in [-0.4, -0.2) is 0 Å². The Kier molecular flexibility index (Phi) is 6.61. The van der Waals surface area contributed by atoms with Crippen molar-refractivity contribution >= 4 is 90.9 Å². The molecule has 3 heteroatoms. The summed E-state index contributed by atoms with van der Waals surface area (Å²) in [6, 6.07) is 64.1. The maximum absolute atomic E-state index is 2.48. The first-order valence-corrected chi connectivity index (χ1v) is 18.2. The number of nitrogens with zero attached hydrogens (tertiary/aromatic N) is 1. The van der Waals surface area contributed by atoms with Gasteiger partial charge in [-0.05, 0) is 70.6 Å². The Bertz CT molecular complexity index is 2770. The lowest BCUT2D eigenvalue weighted by atomic mass is 9.91. The number of anilines is 3. The quantitative estimate of drug-likeness (QED) is 0.178. The minimum absolute atomic E-state index is 1.14. The average Bonchev–Trinajstić information content (AvgIpc) is 3.75. The number of benzene rings is 8. The molecule has 0 bridgehead atoms. The summed E-state index contributed by atoms with van der Waals surface area (Å²) in [5.74, 6) is 0. The Balaban J connectivity index is 1.31. The third-order valence-electron chi connectivity index (χ3n) is 9.65. The van der Waals surface area contributed by atoms with E-state index in [9.17, 15) is 0 Å². The number of hydrogen-bond donors (Lipinski definition) is 0. The van der Waals surface area contributed by atoms with Crippen LogP contribution in [0.3, 0.4) is 0 Å². The van der Waals surface area contributed by atoms with Gasteiger partial charge in [0.1, 0.15) is 0 Å². The molecule has 2 heterocycles. The van der Waals surface area contributed by atoms with E-state index in [4.69, 9.17) is 0 Å². The van der Waals surface area contributed by atoms with E-state index >= 15 is 0 Å². The van der Waals surface area contributed by atoms with Crippen molar-refractivity contribution in [2.24, 2.45) is 0 Å². The monoisotopic (exact) mass is 659 g/mol. The lowest BCUT2D eigenvalue weighted by molar-refractivity contribution is 1.30. The van der Waals surface area contributed by atoms with Crippen LogP contribution in [0, 0.1) is 0 Å². The topological polar surface area (TPSA) is 3.24 Å². The zero-order valence-corrected chi connectivity index (χ0v) is 28.1. The zero-order chi connectivity index (χ0) is 32.3. The van der Waals surface area contributed by atoms with E-state index in [0.29, 0.717) is 0 Å². The summed E-state index contributed by atoms with van der Waals surface area (Å²) in [6.07, 6.45) is 0. The van der Waals surface area contributed by atoms with Gasteiger partial charge in [-0.25, -0.2) is 0 Å². The molecule has 0 aliphatic rings. The first kappa shape index (κ1) is 28.3. The van der Waals surface area contributed by atoms with Crippen LogP contribution in [-0.2, 0) is 0 Å². The molecule has 0 saturated heterocycles. The summed E-state index contributed by atoms with van der Waals surface area (Å²) in [4.78, 5) is 2.40. The van der Waals surface area contributed by atoms with Gasteiger partial charge >= 0.3 is 0 Å². The molecule has 0 aliphatic heterocycles. The van der Waals surface area contributed by atoms with Gasteiger partial charge in [0, 0.05) is 62.7 Å². The second kappa shape index (κ2) is 11.5. The van der Waals surface area contributed by atoms with Crippen molar-refractivity contribution in [3.63, 3.8) is 0 Å². The molecule has 49 heavy (non-hydrogen) atoms. The highest BCUT2D eigenvalue weighted by molar-refractivity contribution is 7.27.